The molecule has 0 saturated heterocycles. The SMILES string of the molecule is CCC(C)C1=Cc2c(-c3ccccc3C)cccc2[CH]1[Zr]([Cl])([Cl])([B](NC=O)NC=O)[CH]1C(C(C)CC)=Cc2c(-c3ccccc3C)cccc21. The average Bonchev–Trinajstić information content (AvgIpc) is 3.73. The molecule has 0 aliphatic heterocycles. The van der Waals surface area contributed by atoms with E-state index in [0.29, 0.717) is 12.8 Å². The Labute approximate surface area is 305 Å². The summed E-state index contributed by atoms with van der Waals surface area (Å²) in [5.41, 5.74) is 13.6. The Kier molecular flexibility index (Phi) is 10.6. The van der Waals surface area contributed by atoms with Gasteiger partial charge in [-0.2, -0.15) is 0 Å². The van der Waals surface area contributed by atoms with Crippen LogP contribution in [0.4, 0.5) is 0 Å². The molecule has 2 aliphatic rings. The Morgan fingerprint density at radius 1 is 0.640 bits per heavy atom. The summed E-state index contributed by atoms with van der Waals surface area (Å²) in [6.45, 7) is 13.1. The number of carbonyl (C=O) groups is 2. The molecular formula is C42H46BCl2N2O2Zr. The molecule has 0 heterocycles. The Balaban J connectivity index is 1.72. The van der Waals surface area contributed by atoms with Gasteiger partial charge in [-0.25, -0.2) is 0 Å². The van der Waals surface area contributed by atoms with E-state index in [-0.39, 0.29) is 11.8 Å². The molecule has 257 valence electrons. The van der Waals surface area contributed by atoms with Crippen molar-refractivity contribution in [1.82, 2.24) is 10.5 Å². The summed E-state index contributed by atoms with van der Waals surface area (Å²) in [6, 6.07) is 29.8. The van der Waals surface area contributed by atoms with Crippen molar-refractivity contribution in [2.24, 2.45) is 11.8 Å². The number of carbonyl (C=O) groups excluding carboxylic acids is 2. The minimum absolute atomic E-state index is 0.144. The van der Waals surface area contributed by atoms with E-state index in [1.807, 2.05) is 0 Å². The molecule has 0 fully saturated rings. The molecule has 0 spiro atoms. The van der Waals surface area contributed by atoms with Crippen LogP contribution in [0.2, 0.25) is 0 Å². The Morgan fingerprint density at radius 3 is 1.38 bits per heavy atom. The second-order valence-corrected chi connectivity index (χ2v) is 35.7. The molecule has 0 bridgehead atoms. The molecule has 4 atom stereocenters. The maximum atomic E-state index is 12.5. The van der Waals surface area contributed by atoms with Crippen LogP contribution in [0.15, 0.2) is 96.1 Å². The number of benzene rings is 4. The normalized spacial score (nSPS) is 18.4. The van der Waals surface area contributed by atoms with Gasteiger partial charge < -0.3 is 0 Å². The monoisotopic (exact) mass is 781 g/mol. The van der Waals surface area contributed by atoms with Gasteiger partial charge in [0.05, 0.1) is 0 Å². The molecule has 2 aliphatic carbocycles. The number of nitrogens with one attached hydrogen (secondary N) is 2. The second kappa shape index (κ2) is 14.5. The van der Waals surface area contributed by atoms with Gasteiger partial charge in [-0.05, 0) is 0 Å². The van der Waals surface area contributed by atoms with Crippen LogP contribution < -0.4 is 10.5 Å². The van der Waals surface area contributed by atoms with E-state index in [4.69, 9.17) is 17.0 Å². The first-order valence-corrected chi connectivity index (χ1v) is 28.4. The zero-order valence-electron chi connectivity index (χ0n) is 29.8. The summed E-state index contributed by atoms with van der Waals surface area (Å²) in [5.74, 6) is 0.289. The van der Waals surface area contributed by atoms with Crippen LogP contribution in [0.5, 0.6) is 0 Å². The standard InChI is InChI=1S/2C20H21.C2H3BN2O2.2ClH.Zr/c2*1-4-14(2)17-12-16-9-7-11-19(20(16)13-17)18-10-6-5-8-15(18)3;6-1-4-3-5-2-7;;;/h2*5-14H,4H2,1-3H3;1-2H,(H-,4,5,6,7);2*1H;/q;;;;;+1/p-1. The van der Waals surface area contributed by atoms with Gasteiger partial charge in [0.15, 0.2) is 0 Å². The number of aryl methyl sites for hydroxylation is 2. The third kappa shape index (κ3) is 5.90. The molecule has 8 heteroatoms. The van der Waals surface area contributed by atoms with Crippen LogP contribution in [0.3, 0.4) is 0 Å². The van der Waals surface area contributed by atoms with E-state index in [9.17, 15) is 9.59 Å². The molecule has 0 saturated carbocycles. The van der Waals surface area contributed by atoms with E-state index in [2.05, 4.69) is 149 Å². The van der Waals surface area contributed by atoms with Crippen molar-refractivity contribution in [2.45, 2.75) is 61.6 Å². The number of hydrogen-bond acceptors (Lipinski definition) is 2. The van der Waals surface area contributed by atoms with Crippen molar-refractivity contribution in [3.05, 3.63) is 129 Å². The predicted octanol–water partition coefficient (Wildman–Crippen LogP) is 10.8. The van der Waals surface area contributed by atoms with E-state index >= 15 is 0 Å². The molecule has 2 amide bonds. The van der Waals surface area contributed by atoms with Crippen LogP contribution in [-0.2, 0) is 25.8 Å². The van der Waals surface area contributed by atoms with Crippen LogP contribution in [0, 0.1) is 25.7 Å². The van der Waals surface area contributed by atoms with E-state index in [0.717, 1.165) is 68.5 Å². The van der Waals surface area contributed by atoms with Crippen LogP contribution in [-0.4, -0.2) is 17.3 Å². The van der Waals surface area contributed by atoms with E-state index in [1.165, 1.54) is 11.1 Å². The fraction of sp³-hybridized carbons (Fsp3) is 0.286. The molecule has 6 rings (SSSR count). The fourth-order valence-electron chi connectivity index (χ4n) is 8.63. The fourth-order valence-corrected chi connectivity index (χ4v) is 29.3. The summed E-state index contributed by atoms with van der Waals surface area (Å²) < 4.78 is -1.75. The minimum atomic E-state index is -5.90. The number of rotatable bonds is 13. The first kappa shape index (κ1) is 36.6. The number of amides is 2. The topological polar surface area (TPSA) is 58.2 Å². The Hall–Kier alpha value is -3.17. The average molecular weight is 784 g/mol. The van der Waals surface area contributed by atoms with Crippen molar-refractivity contribution < 1.29 is 25.8 Å². The first-order chi connectivity index (χ1) is 24.0. The molecule has 2 N–H and O–H groups in total. The van der Waals surface area contributed by atoms with Gasteiger partial charge in [-0.15, -0.1) is 0 Å². The number of fused-ring (bicyclic) bond motifs is 2. The zero-order valence-corrected chi connectivity index (χ0v) is 33.7. The maximum absolute atomic E-state index is 12.5. The summed E-state index contributed by atoms with van der Waals surface area (Å²) >= 11 is -5.90. The van der Waals surface area contributed by atoms with E-state index < -0.39 is 27.9 Å². The third-order valence-electron chi connectivity index (χ3n) is 11.5. The van der Waals surface area contributed by atoms with Crippen molar-refractivity contribution in [2.75, 3.05) is 0 Å². The second-order valence-electron chi connectivity index (χ2n) is 14.2. The van der Waals surface area contributed by atoms with Crippen molar-refractivity contribution in [3.8, 4) is 22.3 Å². The quantitative estimate of drug-likeness (QED) is 0.105. The van der Waals surface area contributed by atoms with Gasteiger partial charge >= 0.3 is 308 Å². The third-order valence-corrected chi connectivity index (χ3v) is 31.4. The van der Waals surface area contributed by atoms with Gasteiger partial charge in [0.2, 0.25) is 0 Å². The van der Waals surface area contributed by atoms with E-state index in [1.54, 1.807) is 0 Å². The molecule has 4 unspecified atom stereocenters. The molecule has 4 aromatic carbocycles. The number of allylic oxidation sites excluding steroid dienone is 2. The van der Waals surface area contributed by atoms with Crippen LogP contribution in [0.25, 0.3) is 34.4 Å². The van der Waals surface area contributed by atoms with Crippen molar-refractivity contribution in [1.29, 1.82) is 0 Å². The Morgan fingerprint density at radius 2 is 1.02 bits per heavy atom. The van der Waals surface area contributed by atoms with Crippen LogP contribution >= 0.6 is 17.0 Å². The van der Waals surface area contributed by atoms with Gasteiger partial charge in [0.1, 0.15) is 0 Å². The summed E-state index contributed by atoms with van der Waals surface area (Å²) in [5, 5.41) is 6.00. The van der Waals surface area contributed by atoms with Crippen LogP contribution in [0.1, 0.15) is 81.2 Å². The van der Waals surface area contributed by atoms with Crippen molar-refractivity contribution in [3.63, 3.8) is 0 Å². The molecule has 0 aromatic heterocycles. The molecule has 4 nitrogen and oxygen atoms in total. The number of hydrogen-bond donors (Lipinski definition) is 2. The Bertz CT molecular complexity index is 1890. The molecule has 4 aromatic rings. The first-order valence-electron chi connectivity index (χ1n) is 17.8. The summed E-state index contributed by atoms with van der Waals surface area (Å²) in [4.78, 5) is 25.0. The van der Waals surface area contributed by atoms with Gasteiger partial charge in [0.25, 0.3) is 0 Å². The summed E-state index contributed by atoms with van der Waals surface area (Å²) in [7, 11) is 17.4. The molecule has 0 radical (unpaired) electrons. The van der Waals surface area contributed by atoms with Gasteiger partial charge in [0, 0.05) is 0 Å². The van der Waals surface area contributed by atoms with Crippen molar-refractivity contribution >= 4 is 46.5 Å². The predicted molar refractivity (Wildman–Crippen MR) is 209 cm³/mol. The number of halogens is 2. The van der Waals surface area contributed by atoms with Gasteiger partial charge in [-0.3, -0.25) is 0 Å². The van der Waals surface area contributed by atoms with Gasteiger partial charge in [-0.1, -0.05) is 0 Å². The molecule has 50 heavy (non-hydrogen) atoms. The summed E-state index contributed by atoms with van der Waals surface area (Å²) in [6.07, 6.45) is 7.68. The molecular weight excluding hydrogens is 737 g/mol. The zero-order chi connectivity index (χ0) is 35.8.